The normalized spacial score (nSPS) is 11.1. The molecule has 0 N–H and O–H groups in total. The summed E-state index contributed by atoms with van der Waals surface area (Å²) in [5.41, 5.74) is 1.87. The maximum Gasteiger partial charge on any atom is 0.226 e. The average molecular weight is 251 g/mol. The van der Waals surface area contributed by atoms with Gasteiger partial charge in [-0.2, -0.15) is 0 Å². The number of halogens is 1. The molecule has 0 aliphatic heterocycles. The Hall–Kier alpha value is -1.32. The molecule has 17 heavy (non-hydrogen) atoms. The van der Waals surface area contributed by atoms with Gasteiger partial charge in [0.05, 0.1) is 5.69 Å². The lowest BCUT2D eigenvalue weighted by molar-refractivity contribution is 0.393. The van der Waals surface area contributed by atoms with E-state index in [9.17, 15) is 0 Å². The highest BCUT2D eigenvalue weighted by Gasteiger charge is 2.11. The first kappa shape index (κ1) is 12.1. The van der Waals surface area contributed by atoms with Crippen LogP contribution in [0.5, 0.6) is 0 Å². The van der Waals surface area contributed by atoms with Gasteiger partial charge in [0.15, 0.2) is 0 Å². The van der Waals surface area contributed by atoms with Crippen LogP contribution in [0.3, 0.4) is 0 Å². The minimum Gasteiger partial charge on any atom is -0.441 e. The topological polar surface area (TPSA) is 29.3 Å². The molecule has 0 radical (unpaired) electrons. The highest BCUT2D eigenvalue weighted by Crippen LogP contribution is 2.24. The maximum atomic E-state index is 5.95. The molecule has 0 bridgehead atoms. The van der Waals surface area contributed by atoms with Gasteiger partial charge in [-0.15, -0.1) is 0 Å². The van der Waals surface area contributed by atoms with Gasteiger partial charge in [0.25, 0.3) is 0 Å². The van der Waals surface area contributed by atoms with Crippen LogP contribution in [0.1, 0.15) is 11.5 Å². The number of hydrogen-bond acceptors (Lipinski definition) is 3. The molecular weight excluding hydrogens is 236 g/mol. The highest BCUT2D eigenvalue weighted by atomic mass is 35.5. The molecule has 2 aromatic rings. The molecule has 0 unspecified atom stereocenters. The molecule has 1 heterocycles. The van der Waals surface area contributed by atoms with E-state index >= 15 is 0 Å². The van der Waals surface area contributed by atoms with Gasteiger partial charge in [0.2, 0.25) is 5.89 Å². The van der Waals surface area contributed by atoms with Crippen LogP contribution >= 0.6 is 11.6 Å². The first-order valence-electron chi connectivity index (χ1n) is 5.43. The van der Waals surface area contributed by atoms with Crippen molar-refractivity contribution < 1.29 is 4.42 Å². The Balaban J connectivity index is 2.34. The molecule has 0 fully saturated rings. The minimum atomic E-state index is 0.627. The Morgan fingerprint density at radius 3 is 2.76 bits per heavy atom. The summed E-state index contributed by atoms with van der Waals surface area (Å²) in [6, 6.07) is 7.52. The number of rotatable bonds is 3. The summed E-state index contributed by atoms with van der Waals surface area (Å²) in [6.45, 7) is 2.70. The van der Waals surface area contributed by atoms with Gasteiger partial charge in [0.1, 0.15) is 5.76 Å². The Morgan fingerprint density at radius 1 is 1.35 bits per heavy atom. The summed E-state index contributed by atoms with van der Waals surface area (Å²) in [5, 5.41) is 0.688. The SMILES string of the molecule is Cc1oc(-c2cccc(Cl)c2)nc1CN(C)C. The van der Waals surface area contributed by atoms with Crippen molar-refractivity contribution in [3.05, 3.63) is 40.7 Å². The van der Waals surface area contributed by atoms with Crippen molar-refractivity contribution in [1.82, 2.24) is 9.88 Å². The second kappa shape index (κ2) is 4.90. The van der Waals surface area contributed by atoms with Crippen LogP contribution in [-0.4, -0.2) is 24.0 Å². The van der Waals surface area contributed by atoms with Crippen molar-refractivity contribution in [1.29, 1.82) is 0 Å². The van der Waals surface area contributed by atoms with E-state index in [4.69, 9.17) is 16.0 Å². The summed E-state index contributed by atoms with van der Waals surface area (Å²) in [7, 11) is 4.01. The number of aromatic nitrogens is 1. The molecular formula is C13H15ClN2O. The molecule has 3 nitrogen and oxygen atoms in total. The van der Waals surface area contributed by atoms with Crippen molar-refractivity contribution in [2.45, 2.75) is 13.5 Å². The molecule has 0 amide bonds. The van der Waals surface area contributed by atoms with E-state index in [0.717, 1.165) is 23.6 Å². The third-order valence-electron chi connectivity index (χ3n) is 2.43. The summed E-state index contributed by atoms with van der Waals surface area (Å²) in [4.78, 5) is 6.56. The van der Waals surface area contributed by atoms with Crippen molar-refractivity contribution >= 4 is 11.6 Å². The number of oxazole rings is 1. The standard InChI is InChI=1S/C13H15ClN2O/c1-9-12(8-16(2)3)15-13(17-9)10-5-4-6-11(14)7-10/h4-7H,8H2,1-3H3. The second-order valence-electron chi connectivity index (χ2n) is 4.27. The Bertz CT molecular complexity index is 520. The Kier molecular flexibility index (Phi) is 3.50. The molecule has 0 saturated heterocycles. The van der Waals surface area contributed by atoms with Crippen molar-refractivity contribution in [3.8, 4) is 11.5 Å². The Morgan fingerprint density at radius 2 is 2.12 bits per heavy atom. The van der Waals surface area contributed by atoms with Gasteiger partial charge in [-0.3, -0.25) is 0 Å². The summed E-state index contributed by atoms with van der Waals surface area (Å²) in [6.07, 6.45) is 0. The largest absolute Gasteiger partial charge is 0.441 e. The molecule has 0 atom stereocenters. The lowest BCUT2D eigenvalue weighted by atomic mass is 10.2. The summed E-state index contributed by atoms with van der Waals surface area (Å²) < 4.78 is 5.66. The number of nitrogens with zero attached hydrogens (tertiary/aromatic N) is 2. The van der Waals surface area contributed by atoms with E-state index in [1.807, 2.05) is 45.3 Å². The molecule has 4 heteroatoms. The van der Waals surface area contributed by atoms with Crippen LogP contribution in [0.15, 0.2) is 28.7 Å². The van der Waals surface area contributed by atoms with E-state index in [0.29, 0.717) is 10.9 Å². The van der Waals surface area contributed by atoms with Crippen LogP contribution in [0.4, 0.5) is 0 Å². The first-order valence-corrected chi connectivity index (χ1v) is 5.81. The number of aryl methyl sites for hydroxylation is 1. The second-order valence-corrected chi connectivity index (χ2v) is 4.71. The number of benzene rings is 1. The van der Waals surface area contributed by atoms with Gasteiger partial charge < -0.3 is 9.32 Å². The van der Waals surface area contributed by atoms with Crippen LogP contribution in [0.2, 0.25) is 5.02 Å². The van der Waals surface area contributed by atoms with Gasteiger partial charge >= 0.3 is 0 Å². The quantitative estimate of drug-likeness (QED) is 0.837. The molecule has 1 aromatic carbocycles. The maximum absolute atomic E-state index is 5.95. The fourth-order valence-corrected chi connectivity index (χ4v) is 1.81. The third-order valence-corrected chi connectivity index (χ3v) is 2.67. The number of hydrogen-bond donors (Lipinski definition) is 0. The fourth-order valence-electron chi connectivity index (χ4n) is 1.62. The van der Waals surface area contributed by atoms with Crippen LogP contribution in [0.25, 0.3) is 11.5 Å². The lowest BCUT2D eigenvalue weighted by Gasteiger charge is -2.05. The van der Waals surface area contributed by atoms with Gasteiger partial charge in [-0.25, -0.2) is 4.98 Å². The van der Waals surface area contributed by atoms with E-state index in [-0.39, 0.29) is 0 Å². The predicted molar refractivity (Wildman–Crippen MR) is 69.1 cm³/mol. The van der Waals surface area contributed by atoms with Crippen LogP contribution in [0, 0.1) is 6.92 Å². The first-order chi connectivity index (χ1) is 8.06. The average Bonchev–Trinajstić information content (AvgIpc) is 2.59. The van der Waals surface area contributed by atoms with Gasteiger partial charge in [0, 0.05) is 17.1 Å². The minimum absolute atomic E-state index is 0.627. The van der Waals surface area contributed by atoms with Crippen molar-refractivity contribution in [2.24, 2.45) is 0 Å². The zero-order valence-corrected chi connectivity index (χ0v) is 11.0. The van der Waals surface area contributed by atoms with Gasteiger partial charge in [-0.05, 0) is 39.2 Å². The zero-order valence-electron chi connectivity index (χ0n) is 10.2. The van der Waals surface area contributed by atoms with E-state index in [2.05, 4.69) is 9.88 Å². The molecule has 1 aromatic heterocycles. The van der Waals surface area contributed by atoms with E-state index in [1.54, 1.807) is 0 Å². The lowest BCUT2D eigenvalue weighted by Crippen LogP contribution is -2.11. The van der Waals surface area contributed by atoms with Crippen molar-refractivity contribution in [3.63, 3.8) is 0 Å². The molecule has 0 spiro atoms. The molecule has 0 aliphatic carbocycles. The molecule has 90 valence electrons. The smallest absolute Gasteiger partial charge is 0.226 e. The fraction of sp³-hybridized carbons (Fsp3) is 0.308. The van der Waals surface area contributed by atoms with E-state index in [1.165, 1.54) is 0 Å². The Labute approximate surface area is 106 Å². The summed E-state index contributed by atoms with van der Waals surface area (Å²) in [5.74, 6) is 1.48. The van der Waals surface area contributed by atoms with Crippen molar-refractivity contribution in [2.75, 3.05) is 14.1 Å². The van der Waals surface area contributed by atoms with Crippen LogP contribution < -0.4 is 0 Å². The van der Waals surface area contributed by atoms with Crippen LogP contribution in [-0.2, 0) is 6.54 Å². The molecule has 2 rings (SSSR count). The highest BCUT2D eigenvalue weighted by molar-refractivity contribution is 6.30. The zero-order chi connectivity index (χ0) is 12.4. The molecule has 0 saturated carbocycles. The molecule has 0 aliphatic rings. The monoisotopic (exact) mass is 250 g/mol. The predicted octanol–water partition coefficient (Wildman–Crippen LogP) is 3.37. The summed E-state index contributed by atoms with van der Waals surface area (Å²) >= 11 is 5.95. The van der Waals surface area contributed by atoms with E-state index < -0.39 is 0 Å². The van der Waals surface area contributed by atoms with Gasteiger partial charge in [-0.1, -0.05) is 17.7 Å². The third kappa shape index (κ3) is 2.87.